The molecule has 3 nitrogen and oxygen atoms in total. The molecule has 14 heavy (non-hydrogen) atoms. The van der Waals surface area contributed by atoms with Crippen molar-refractivity contribution in [3.05, 3.63) is 11.3 Å². The van der Waals surface area contributed by atoms with Crippen LogP contribution in [0.4, 0.5) is 5.88 Å². The van der Waals surface area contributed by atoms with Crippen LogP contribution in [0.1, 0.15) is 37.9 Å². The van der Waals surface area contributed by atoms with Crippen molar-refractivity contribution in [2.75, 3.05) is 5.73 Å². The summed E-state index contributed by atoms with van der Waals surface area (Å²) < 4.78 is 5.05. The second-order valence-electron chi connectivity index (χ2n) is 4.72. The number of nitrogens with zero attached hydrogens (tertiary/aromatic N) is 1. The Kier molecular flexibility index (Phi) is 2.48. The average molecular weight is 194 g/mol. The van der Waals surface area contributed by atoms with E-state index in [2.05, 4.69) is 19.0 Å². The summed E-state index contributed by atoms with van der Waals surface area (Å²) in [5.74, 6) is 1.97. The molecule has 0 amide bonds. The van der Waals surface area contributed by atoms with Crippen LogP contribution in [0.3, 0.4) is 0 Å². The molecule has 2 N–H and O–H groups in total. The van der Waals surface area contributed by atoms with Crippen LogP contribution in [0.2, 0.25) is 0 Å². The Bertz CT molecular complexity index is 313. The summed E-state index contributed by atoms with van der Waals surface area (Å²) in [5.41, 5.74) is 8.00. The van der Waals surface area contributed by atoms with Gasteiger partial charge in [0.2, 0.25) is 5.88 Å². The van der Waals surface area contributed by atoms with Crippen LogP contribution in [-0.2, 0) is 12.8 Å². The topological polar surface area (TPSA) is 52.0 Å². The van der Waals surface area contributed by atoms with Crippen LogP contribution in [0.5, 0.6) is 0 Å². The quantitative estimate of drug-likeness (QED) is 0.800. The lowest BCUT2D eigenvalue weighted by Gasteiger charge is -2.04. The van der Waals surface area contributed by atoms with Gasteiger partial charge in [0.05, 0.1) is 5.69 Å². The zero-order valence-corrected chi connectivity index (χ0v) is 8.92. The molecule has 0 spiro atoms. The molecule has 1 aliphatic carbocycles. The van der Waals surface area contributed by atoms with E-state index in [1.807, 2.05) is 0 Å². The van der Waals surface area contributed by atoms with Crippen molar-refractivity contribution in [3.8, 4) is 0 Å². The molecule has 0 aliphatic heterocycles. The average Bonchev–Trinajstić information content (AvgIpc) is 2.85. The van der Waals surface area contributed by atoms with Crippen molar-refractivity contribution < 1.29 is 4.52 Å². The highest BCUT2D eigenvalue weighted by Gasteiger charge is 2.25. The lowest BCUT2D eigenvalue weighted by atomic mass is 10.0. The Labute approximate surface area is 84.7 Å². The number of aromatic nitrogens is 1. The summed E-state index contributed by atoms with van der Waals surface area (Å²) in [5, 5.41) is 4.05. The Morgan fingerprint density at radius 3 is 2.79 bits per heavy atom. The highest BCUT2D eigenvalue weighted by molar-refractivity contribution is 5.39. The molecule has 0 bridgehead atoms. The normalized spacial score (nSPS) is 16.5. The molecule has 0 unspecified atom stereocenters. The largest absolute Gasteiger partial charge is 0.367 e. The molecule has 0 aromatic carbocycles. The minimum absolute atomic E-state index is 0.523. The number of anilines is 1. The van der Waals surface area contributed by atoms with E-state index in [1.54, 1.807) is 0 Å². The van der Waals surface area contributed by atoms with Gasteiger partial charge in [-0.1, -0.05) is 19.0 Å². The van der Waals surface area contributed by atoms with E-state index in [-0.39, 0.29) is 0 Å². The first kappa shape index (κ1) is 9.56. The highest BCUT2D eigenvalue weighted by Crippen LogP contribution is 2.34. The molecule has 1 heterocycles. The van der Waals surface area contributed by atoms with E-state index in [4.69, 9.17) is 10.3 Å². The third-order valence-electron chi connectivity index (χ3n) is 2.69. The molecule has 2 rings (SSSR count). The third-order valence-corrected chi connectivity index (χ3v) is 2.69. The molecule has 0 atom stereocenters. The summed E-state index contributed by atoms with van der Waals surface area (Å²) >= 11 is 0. The predicted molar refractivity (Wildman–Crippen MR) is 55.9 cm³/mol. The van der Waals surface area contributed by atoms with Crippen molar-refractivity contribution in [3.63, 3.8) is 0 Å². The second kappa shape index (κ2) is 3.64. The SMILES string of the molecule is CC(C)Cc1c(CC2CC2)noc1N. The number of nitrogens with two attached hydrogens (primary N) is 1. The molecule has 1 saturated carbocycles. The molecule has 78 valence electrons. The predicted octanol–water partition coefficient (Wildman–Crippen LogP) is 2.41. The van der Waals surface area contributed by atoms with Gasteiger partial charge in [0.25, 0.3) is 0 Å². The van der Waals surface area contributed by atoms with Crippen LogP contribution >= 0.6 is 0 Å². The lowest BCUT2D eigenvalue weighted by Crippen LogP contribution is -2.01. The van der Waals surface area contributed by atoms with Gasteiger partial charge < -0.3 is 10.3 Å². The number of rotatable bonds is 4. The summed E-state index contributed by atoms with van der Waals surface area (Å²) in [7, 11) is 0. The number of hydrogen-bond acceptors (Lipinski definition) is 3. The molecule has 1 aromatic rings. The van der Waals surface area contributed by atoms with Crippen LogP contribution in [0.25, 0.3) is 0 Å². The fourth-order valence-corrected chi connectivity index (χ4v) is 1.74. The van der Waals surface area contributed by atoms with Crippen molar-refractivity contribution in [2.45, 2.75) is 39.5 Å². The van der Waals surface area contributed by atoms with E-state index in [0.717, 1.165) is 30.0 Å². The standard InChI is InChI=1S/C11H18N2O/c1-7(2)5-9-10(6-8-3-4-8)13-14-11(9)12/h7-8H,3-6,12H2,1-2H3. The number of nitrogen functional groups attached to an aromatic ring is 1. The highest BCUT2D eigenvalue weighted by atomic mass is 16.5. The van der Waals surface area contributed by atoms with Crippen molar-refractivity contribution >= 4 is 5.88 Å². The van der Waals surface area contributed by atoms with Crippen molar-refractivity contribution in [1.29, 1.82) is 0 Å². The second-order valence-corrected chi connectivity index (χ2v) is 4.72. The minimum Gasteiger partial charge on any atom is -0.367 e. The minimum atomic E-state index is 0.523. The molecular formula is C11H18N2O. The van der Waals surface area contributed by atoms with Gasteiger partial charge in [-0.3, -0.25) is 0 Å². The monoisotopic (exact) mass is 194 g/mol. The first-order chi connectivity index (χ1) is 6.66. The first-order valence-electron chi connectivity index (χ1n) is 5.39. The van der Waals surface area contributed by atoms with E-state index in [9.17, 15) is 0 Å². The van der Waals surface area contributed by atoms with Crippen molar-refractivity contribution in [2.24, 2.45) is 11.8 Å². The van der Waals surface area contributed by atoms with Crippen LogP contribution in [0, 0.1) is 11.8 Å². The zero-order chi connectivity index (χ0) is 10.1. The smallest absolute Gasteiger partial charge is 0.225 e. The molecule has 0 saturated heterocycles. The maximum absolute atomic E-state index is 5.76. The van der Waals surface area contributed by atoms with Crippen molar-refractivity contribution in [1.82, 2.24) is 5.16 Å². The van der Waals surface area contributed by atoms with Gasteiger partial charge in [0.1, 0.15) is 0 Å². The summed E-state index contributed by atoms with van der Waals surface area (Å²) in [4.78, 5) is 0. The van der Waals surface area contributed by atoms with Gasteiger partial charge in [-0.25, -0.2) is 0 Å². The van der Waals surface area contributed by atoms with Gasteiger partial charge in [0, 0.05) is 5.56 Å². The summed E-state index contributed by atoms with van der Waals surface area (Å²) in [6, 6.07) is 0. The van der Waals surface area contributed by atoms with Gasteiger partial charge in [-0.05, 0) is 37.5 Å². The Balaban J connectivity index is 2.12. The molecule has 3 heteroatoms. The Hall–Kier alpha value is -0.990. The zero-order valence-electron chi connectivity index (χ0n) is 8.92. The van der Waals surface area contributed by atoms with Crippen LogP contribution < -0.4 is 5.73 Å². The van der Waals surface area contributed by atoms with Crippen LogP contribution in [-0.4, -0.2) is 5.16 Å². The fourth-order valence-electron chi connectivity index (χ4n) is 1.74. The Morgan fingerprint density at radius 2 is 2.21 bits per heavy atom. The fraction of sp³-hybridized carbons (Fsp3) is 0.727. The van der Waals surface area contributed by atoms with E-state index in [1.165, 1.54) is 12.8 Å². The summed E-state index contributed by atoms with van der Waals surface area (Å²) in [6.45, 7) is 4.38. The number of hydrogen-bond donors (Lipinski definition) is 1. The maximum atomic E-state index is 5.76. The molecule has 1 aliphatic rings. The van der Waals surface area contributed by atoms with Crippen LogP contribution in [0.15, 0.2) is 4.52 Å². The third kappa shape index (κ3) is 2.08. The van der Waals surface area contributed by atoms with Gasteiger partial charge in [-0.15, -0.1) is 0 Å². The lowest BCUT2D eigenvalue weighted by molar-refractivity contribution is 0.425. The first-order valence-corrected chi connectivity index (χ1v) is 5.39. The Morgan fingerprint density at radius 1 is 1.50 bits per heavy atom. The summed E-state index contributed by atoms with van der Waals surface area (Å²) in [6.07, 6.45) is 4.72. The maximum Gasteiger partial charge on any atom is 0.225 e. The van der Waals surface area contributed by atoms with E-state index >= 15 is 0 Å². The molecule has 1 fully saturated rings. The van der Waals surface area contributed by atoms with Gasteiger partial charge >= 0.3 is 0 Å². The van der Waals surface area contributed by atoms with E-state index < -0.39 is 0 Å². The van der Waals surface area contributed by atoms with Gasteiger partial charge in [-0.2, -0.15) is 0 Å². The van der Waals surface area contributed by atoms with E-state index in [0.29, 0.717) is 11.8 Å². The van der Waals surface area contributed by atoms with Gasteiger partial charge in [0.15, 0.2) is 0 Å². The molecule has 1 aromatic heterocycles. The molecule has 0 radical (unpaired) electrons. The molecular weight excluding hydrogens is 176 g/mol.